The van der Waals surface area contributed by atoms with Crippen molar-refractivity contribution in [3.05, 3.63) is 36.9 Å². The Kier molecular flexibility index (Phi) is 3.72. The van der Waals surface area contributed by atoms with E-state index in [1.807, 2.05) is 31.1 Å². The summed E-state index contributed by atoms with van der Waals surface area (Å²) in [6.45, 7) is 3.76. The SMILES string of the molecule is Cn1ccnc1CN1CCO[C@@H]2[C@@H](Cn3ccnc3)CC[C@H]21. The lowest BCUT2D eigenvalue weighted by Gasteiger charge is -2.39. The van der Waals surface area contributed by atoms with Gasteiger partial charge in [0.25, 0.3) is 0 Å². The van der Waals surface area contributed by atoms with E-state index in [1.165, 1.54) is 12.8 Å². The molecule has 1 aliphatic heterocycles. The van der Waals surface area contributed by atoms with Gasteiger partial charge in [-0.05, 0) is 12.8 Å². The molecular weight excluding hydrogens is 278 g/mol. The van der Waals surface area contributed by atoms with Gasteiger partial charge >= 0.3 is 0 Å². The fourth-order valence-corrected chi connectivity index (χ4v) is 3.92. The number of aryl methyl sites for hydroxylation is 1. The van der Waals surface area contributed by atoms with Crippen molar-refractivity contribution in [2.45, 2.75) is 38.1 Å². The van der Waals surface area contributed by atoms with Gasteiger partial charge in [0.05, 0.1) is 25.6 Å². The fourth-order valence-electron chi connectivity index (χ4n) is 3.92. The van der Waals surface area contributed by atoms with Crippen molar-refractivity contribution in [3.8, 4) is 0 Å². The van der Waals surface area contributed by atoms with Crippen LogP contribution >= 0.6 is 0 Å². The van der Waals surface area contributed by atoms with Crippen LogP contribution in [0.4, 0.5) is 0 Å². The van der Waals surface area contributed by atoms with E-state index in [1.54, 1.807) is 0 Å². The first-order valence-electron chi connectivity index (χ1n) is 8.09. The van der Waals surface area contributed by atoms with Crippen LogP contribution in [0.25, 0.3) is 0 Å². The third-order valence-corrected chi connectivity index (χ3v) is 5.10. The summed E-state index contributed by atoms with van der Waals surface area (Å²) >= 11 is 0. The summed E-state index contributed by atoms with van der Waals surface area (Å²) in [5.74, 6) is 1.72. The number of aromatic nitrogens is 4. The lowest BCUT2D eigenvalue weighted by atomic mass is 10.0. The third kappa shape index (κ3) is 2.57. The average molecular weight is 301 g/mol. The van der Waals surface area contributed by atoms with Crippen molar-refractivity contribution in [2.75, 3.05) is 13.2 Å². The summed E-state index contributed by atoms with van der Waals surface area (Å²) in [7, 11) is 2.07. The molecule has 6 heteroatoms. The molecule has 22 heavy (non-hydrogen) atoms. The van der Waals surface area contributed by atoms with Gasteiger partial charge in [-0.3, -0.25) is 4.90 Å². The molecule has 2 aliphatic rings. The molecule has 1 saturated carbocycles. The van der Waals surface area contributed by atoms with Gasteiger partial charge in [0, 0.05) is 56.9 Å². The van der Waals surface area contributed by atoms with Crippen LogP contribution in [-0.2, 0) is 24.9 Å². The molecule has 3 atom stereocenters. The van der Waals surface area contributed by atoms with E-state index in [9.17, 15) is 0 Å². The normalized spacial score (nSPS) is 28.9. The first-order valence-corrected chi connectivity index (χ1v) is 8.09. The quantitative estimate of drug-likeness (QED) is 0.854. The number of nitrogens with zero attached hydrogens (tertiary/aromatic N) is 5. The molecule has 2 aromatic heterocycles. The zero-order valence-electron chi connectivity index (χ0n) is 13.0. The predicted molar refractivity (Wildman–Crippen MR) is 82.1 cm³/mol. The lowest BCUT2D eigenvalue weighted by Crippen LogP contribution is -2.50. The van der Waals surface area contributed by atoms with Crippen molar-refractivity contribution in [1.29, 1.82) is 0 Å². The number of hydrogen-bond acceptors (Lipinski definition) is 4. The Morgan fingerprint density at radius 2 is 2.23 bits per heavy atom. The van der Waals surface area contributed by atoms with E-state index >= 15 is 0 Å². The van der Waals surface area contributed by atoms with E-state index in [0.29, 0.717) is 18.1 Å². The molecular formula is C16H23N5O. The second-order valence-electron chi connectivity index (χ2n) is 6.42. The van der Waals surface area contributed by atoms with E-state index in [2.05, 4.69) is 31.0 Å². The minimum atomic E-state index is 0.344. The van der Waals surface area contributed by atoms with Crippen molar-refractivity contribution in [3.63, 3.8) is 0 Å². The monoisotopic (exact) mass is 301 g/mol. The molecule has 0 N–H and O–H groups in total. The Hall–Kier alpha value is -1.66. The molecule has 1 aliphatic carbocycles. The molecule has 6 nitrogen and oxygen atoms in total. The maximum atomic E-state index is 6.14. The number of hydrogen-bond donors (Lipinski definition) is 0. The van der Waals surface area contributed by atoms with Gasteiger partial charge in [0.2, 0.25) is 0 Å². The summed E-state index contributed by atoms with van der Waals surface area (Å²) in [4.78, 5) is 11.2. The molecule has 1 saturated heterocycles. The predicted octanol–water partition coefficient (Wildman–Crippen LogP) is 1.30. The van der Waals surface area contributed by atoms with Crippen LogP contribution in [-0.4, -0.2) is 49.3 Å². The molecule has 118 valence electrons. The van der Waals surface area contributed by atoms with Crippen molar-refractivity contribution < 1.29 is 4.74 Å². The van der Waals surface area contributed by atoms with Crippen molar-refractivity contribution >= 4 is 0 Å². The van der Waals surface area contributed by atoms with Crippen LogP contribution < -0.4 is 0 Å². The number of rotatable bonds is 4. The second-order valence-corrected chi connectivity index (χ2v) is 6.42. The Labute approximate surface area is 130 Å². The molecule has 0 radical (unpaired) electrons. The molecule has 3 heterocycles. The van der Waals surface area contributed by atoms with Crippen LogP contribution in [0.15, 0.2) is 31.1 Å². The van der Waals surface area contributed by atoms with Crippen LogP contribution in [0.3, 0.4) is 0 Å². The van der Waals surface area contributed by atoms with Gasteiger partial charge in [-0.25, -0.2) is 9.97 Å². The lowest BCUT2D eigenvalue weighted by molar-refractivity contribution is -0.0794. The third-order valence-electron chi connectivity index (χ3n) is 5.10. The molecule has 0 aromatic carbocycles. The Morgan fingerprint density at radius 3 is 3.00 bits per heavy atom. The van der Waals surface area contributed by atoms with Gasteiger partial charge in [-0.2, -0.15) is 0 Å². The highest BCUT2D eigenvalue weighted by Crippen LogP contribution is 2.36. The fraction of sp³-hybridized carbons (Fsp3) is 0.625. The molecule has 0 amide bonds. The Balaban J connectivity index is 1.45. The summed E-state index contributed by atoms with van der Waals surface area (Å²) in [6.07, 6.45) is 12.5. The van der Waals surface area contributed by atoms with E-state index in [0.717, 1.165) is 32.1 Å². The van der Waals surface area contributed by atoms with E-state index in [4.69, 9.17) is 4.74 Å². The zero-order chi connectivity index (χ0) is 14.9. The average Bonchev–Trinajstić information content (AvgIpc) is 3.24. The molecule has 0 bridgehead atoms. The van der Waals surface area contributed by atoms with Crippen LogP contribution in [0.2, 0.25) is 0 Å². The van der Waals surface area contributed by atoms with Crippen LogP contribution in [0.1, 0.15) is 18.7 Å². The standard InChI is InChI=1S/C16H23N5O/c1-19-6-5-18-15(19)11-21-8-9-22-16-13(2-3-14(16)21)10-20-7-4-17-12-20/h4-7,12-14,16H,2-3,8-11H2,1H3/t13-,14-,16-/m1/s1. The van der Waals surface area contributed by atoms with Gasteiger partial charge in [-0.15, -0.1) is 0 Å². The summed E-state index contributed by atoms with van der Waals surface area (Å²) in [5.41, 5.74) is 0. The second kappa shape index (κ2) is 5.85. The van der Waals surface area contributed by atoms with Crippen molar-refractivity contribution in [1.82, 2.24) is 24.0 Å². The van der Waals surface area contributed by atoms with Gasteiger partial charge in [-0.1, -0.05) is 0 Å². The zero-order valence-corrected chi connectivity index (χ0v) is 13.0. The van der Waals surface area contributed by atoms with Crippen LogP contribution in [0, 0.1) is 5.92 Å². The first-order chi connectivity index (χ1) is 10.8. The first kappa shape index (κ1) is 14.0. The van der Waals surface area contributed by atoms with Gasteiger partial charge in [0.15, 0.2) is 0 Å². The number of ether oxygens (including phenoxy) is 1. The minimum absolute atomic E-state index is 0.344. The highest BCUT2D eigenvalue weighted by molar-refractivity contribution is 4.98. The maximum absolute atomic E-state index is 6.14. The van der Waals surface area contributed by atoms with Crippen molar-refractivity contribution in [2.24, 2.45) is 13.0 Å². The summed E-state index contributed by atoms with van der Waals surface area (Å²) in [6, 6.07) is 0.527. The highest BCUT2D eigenvalue weighted by Gasteiger charge is 2.42. The molecule has 2 aromatic rings. The minimum Gasteiger partial charge on any atom is -0.375 e. The number of imidazole rings is 2. The number of morpholine rings is 1. The molecule has 4 rings (SSSR count). The molecule has 0 unspecified atom stereocenters. The smallest absolute Gasteiger partial charge is 0.122 e. The van der Waals surface area contributed by atoms with E-state index in [-0.39, 0.29) is 0 Å². The Bertz CT molecular complexity index is 608. The topological polar surface area (TPSA) is 48.1 Å². The maximum Gasteiger partial charge on any atom is 0.122 e. The Morgan fingerprint density at radius 1 is 1.27 bits per heavy atom. The number of fused-ring (bicyclic) bond motifs is 1. The summed E-state index contributed by atoms with van der Waals surface area (Å²) < 4.78 is 10.4. The molecule has 2 fully saturated rings. The van der Waals surface area contributed by atoms with E-state index < -0.39 is 0 Å². The largest absolute Gasteiger partial charge is 0.375 e. The van der Waals surface area contributed by atoms with Gasteiger partial charge in [0.1, 0.15) is 5.82 Å². The molecule has 0 spiro atoms. The van der Waals surface area contributed by atoms with Crippen LogP contribution in [0.5, 0.6) is 0 Å². The summed E-state index contributed by atoms with van der Waals surface area (Å²) in [5, 5.41) is 0. The van der Waals surface area contributed by atoms with Gasteiger partial charge < -0.3 is 13.9 Å². The highest BCUT2D eigenvalue weighted by atomic mass is 16.5.